The van der Waals surface area contributed by atoms with Gasteiger partial charge in [-0.15, -0.1) is 12.4 Å². The molecule has 7 heteroatoms. The van der Waals surface area contributed by atoms with Gasteiger partial charge in [-0.3, -0.25) is 0 Å². The van der Waals surface area contributed by atoms with Crippen LogP contribution in [0.3, 0.4) is 0 Å². The lowest BCUT2D eigenvalue weighted by Crippen LogP contribution is -2.25. The van der Waals surface area contributed by atoms with Gasteiger partial charge in [-0.25, -0.2) is 4.98 Å². The molecule has 4 rings (SSSR count). The Kier molecular flexibility index (Phi) is 6.76. The van der Waals surface area contributed by atoms with Crippen LogP contribution in [0, 0.1) is 0 Å². The lowest BCUT2D eigenvalue weighted by atomic mass is 10.2. The SMILES string of the molecule is Cl.OC(COc1ccc(Br)cc1)Cn1c(C2CCCO2)nc2ccccc21. The Bertz CT molecular complexity index is 879. The lowest BCUT2D eigenvalue weighted by Gasteiger charge is -2.17. The molecule has 3 aromatic rings. The van der Waals surface area contributed by atoms with E-state index in [4.69, 9.17) is 14.5 Å². The number of nitrogens with zero attached hydrogens (tertiary/aromatic N) is 2. The van der Waals surface area contributed by atoms with E-state index in [-0.39, 0.29) is 25.1 Å². The van der Waals surface area contributed by atoms with Crippen molar-refractivity contribution >= 4 is 39.4 Å². The van der Waals surface area contributed by atoms with Gasteiger partial charge in [0, 0.05) is 11.1 Å². The molecular formula is C20H22BrClN2O3. The molecule has 0 bridgehead atoms. The van der Waals surface area contributed by atoms with Crippen LogP contribution in [0.5, 0.6) is 5.75 Å². The molecule has 1 aliphatic heterocycles. The molecule has 0 aliphatic carbocycles. The molecule has 1 fully saturated rings. The third-order valence-corrected chi connectivity index (χ3v) is 5.08. The number of rotatable bonds is 6. The molecule has 144 valence electrons. The predicted molar refractivity (Wildman–Crippen MR) is 111 cm³/mol. The molecule has 0 radical (unpaired) electrons. The van der Waals surface area contributed by atoms with E-state index in [2.05, 4.69) is 20.5 Å². The number of ether oxygens (including phenoxy) is 2. The normalized spacial score (nSPS) is 17.6. The van der Waals surface area contributed by atoms with Crippen molar-refractivity contribution in [3.8, 4) is 5.75 Å². The van der Waals surface area contributed by atoms with Crippen LogP contribution in [0.2, 0.25) is 0 Å². The van der Waals surface area contributed by atoms with Gasteiger partial charge >= 0.3 is 0 Å². The van der Waals surface area contributed by atoms with Crippen LogP contribution in [0.25, 0.3) is 11.0 Å². The van der Waals surface area contributed by atoms with Crippen molar-refractivity contribution in [1.29, 1.82) is 0 Å². The maximum atomic E-state index is 10.5. The molecule has 1 N–H and O–H groups in total. The third-order valence-electron chi connectivity index (χ3n) is 4.55. The number of imidazole rings is 1. The van der Waals surface area contributed by atoms with Gasteiger partial charge in [0.1, 0.15) is 30.4 Å². The number of para-hydroxylation sites is 2. The molecule has 0 saturated carbocycles. The number of aliphatic hydroxyl groups is 1. The molecule has 0 amide bonds. The summed E-state index contributed by atoms with van der Waals surface area (Å²) in [6.07, 6.45) is 1.37. The van der Waals surface area contributed by atoms with Crippen LogP contribution in [-0.2, 0) is 11.3 Å². The van der Waals surface area contributed by atoms with Crippen LogP contribution < -0.4 is 4.74 Å². The minimum absolute atomic E-state index is 0. The van der Waals surface area contributed by atoms with Gasteiger partial charge in [0.15, 0.2) is 0 Å². The van der Waals surface area contributed by atoms with Crippen molar-refractivity contribution in [2.75, 3.05) is 13.2 Å². The summed E-state index contributed by atoms with van der Waals surface area (Å²) >= 11 is 3.40. The van der Waals surface area contributed by atoms with E-state index in [1.54, 1.807) is 0 Å². The highest BCUT2D eigenvalue weighted by Crippen LogP contribution is 2.30. The summed E-state index contributed by atoms with van der Waals surface area (Å²) < 4.78 is 14.6. The standard InChI is InChI=1S/C20H21BrN2O3.ClH/c21-14-7-9-16(10-8-14)26-13-15(24)12-23-18-5-2-1-4-17(18)22-20(23)19-6-3-11-25-19;/h1-2,4-5,7-10,15,19,24H,3,6,11-13H2;1H. The number of fused-ring (bicyclic) bond motifs is 1. The second kappa shape index (κ2) is 9.06. The van der Waals surface area contributed by atoms with E-state index in [1.807, 2.05) is 48.5 Å². The van der Waals surface area contributed by atoms with E-state index in [0.29, 0.717) is 6.54 Å². The third kappa shape index (κ3) is 4.63. The summed E-state index contributed by atoms with van der Waals surface area (Å²) in [4.78, 5) is 4.76. The smallest absolute Gasteiger partial charge is 0.139 e. The summed E-state index contributed by atoms with van der Waals surface area (Å²) in [6.45, 7) is 1.41. The average molecular weight is 454 g/mol. The zero-order chi connectivity index (χ0) is 17.9. The van der Waals surface area contributed by atoms with Crippen LogP contribution >= 0.6 is 28.3 Å². The van der Waals surface area contributed by atoms with Crippen LogP contribution in [0.1, 0.15) is 24.8 Å². The number of halogens is 2. The Labute approximate surface area is 172 Å². The second-order valence-electron chi connectivity index (χ2n) is 6.49. The van der Waals surface area contributed by atoms with E-state index in [0.717, 1.165) is 46.5 Å². The lowest BCUT2D eigenvalue weighted by molar-refractivity contribution is 0.0806. The summed E-state index contributed by atoms with van der Waals surface area (Å²) in [5, 5.41) is 10.5. The van der Waals surface area contributed by atoms with E-state index in [1.165, 1.54) is 0 Å². The molecule has 0 spiro atoms. The minimum atomic E-state index is -0.642. The molecule has 1 aliphatic rings. The Hall–Kier alpha value is -1.60. The van der Waals surface area contributed by atoms with Gasteiger partial charge in [0.25, 0.3) is 0 Å². The molecule has 2 heterocycles. The number of aromatic nitrogens is 2. The van der Waals surface area contributed by atoms with E-state index < -0.39 is 6.10 Å². The van der Waals surface area contributed by atoms with Gasteiger partial charge in [0.2, 0.25) is 0 Å². The Balaban J connectivity index is 0.00000210. The van der Waals surface area contributed by atoms with Gasteiger partial charge in [0.05, 0.1) is 17.6 Å². The molecule has 1 saturated heterocycles. The highest BCUT2D eigenvalue weighted by atomic mass is 79.9. The van der Waals surface area contributed by atoms with Gasteiger partial charge in [-0.2, -0.15) is 0 Å². The van der Waals surface area contributed by atoms with Crippen LogP contribution in [0.4, 0.5) is 0 Å². The zero-order valence-corrected chi connectivity index (χ0v) is 17.2. The molecule has 2 atom stereocenters. The van der Waals surface area contributed by atoms with E-state index >= 15 is 0 Å². The highest BCUT2D eigenvalue weighted by Gasteiger charge is 2.25. The van der Waals surface area contributed by atoms with Crippen molar-refractivity contribution in [3.63, 3.8) is 0 Å². The largest absolute Gasteiger partial charge is 0.491 e. The van der Waals surface area contributed by atoms with Gasteiger partial charge < -0.3 is 19.1 Å². The molecule has 27 heavy (non-hydrogen) atoms. The van der Waals surface area contributed by atoms with E-state index in [9.17, 15) is 5.11 Å². The van der Waals surface area contributed by atoms with Crippen molar-refractivity contribution < 1.29 is 14.6 Å². The summed E-state index contributed by atoms with van der Waals surface area (Å²) in [5.41, 5.74) is 1.94. The fraction of sp³-hybridized carbons (Fsp3) is 0.350. The monoisotopic (exact) mass is 452 g/mol. The summed E-state index contributed by atoms with van der Waals surface area (Å²) in [7, 11) is 0. The summed E-state index contributed by atoms with van der Waals surface area (Å²) in [6, 6.07) is 15.6. The predicted octanol–water partition coefficient (Wildman–Crippen LogP) is 4.51. The fourth-order valence-electron chi connectivity index (χ4n) is 3.30. The average Bonchev–Trinajstić information content (AvgIpc) is 3.30. The second-order valence-corrected chi connectivity index (χ2v) is 7.41. The maximum Gasteiger partial charge on any atom is 0.139 e. The first-order valence-corrected chi connectivity index (χ1v) is 9.63. The van der Waals surface area contributed by atoms with Crippen molar-refractivity contribution in [2.24, 2.45) is 0 Å². The number of benzene rings is 2. The van der Waals surface area contributed by atoms with Gasteiger partial charge in [-0.05, 0) is 49.2 Å². The van der Waals surface area contributed by atoms with Crippen LogP contribution in [0.15, 0.2) is 53.0 Å². The first-order valence-electron chi connectivity index (χ1n) is 8.84. The Morgan fingerprint density at radius 2 is 2.00 bits per heavy atom. The minimum Gasteiger partial charge on any atom is -0.491 e. The summed E-state index contributed by atoms with van der Waals surface area (Å²) in [5.74, 6) is 1.63. The first-order chi connectivity index (χ1) is 12.7. The topological polar surface area (TPSA) is 56.5 Å². The van der Waals surface area contributed by atoms with Crippen molar-refractivity contribution in [2.45, 2.75) is 31.6 Å². The highest BCUT2D eigenvalue weighted by molar-refractivity contribution is 9.10. The van der Waals surface area contributed by atoms with Crippen molar-refractivity contribution in [3.05, 3.63) is 58.8 Å². The quantitative estimate of drug-likeness (QED) is 0.596. The number of hydrogen-bond acceptors (Lipinski definition) is 4. The van der Waals surface area contributed by atoms with Crippen LogP contribution in [-0.4, -0.2) is 34.0 Å². The Morgan fingerprint density at radius 3 is 2.74 bits per heavy atom. The molecule has 1 aromatic heterocycles. The van der Waals surface area contributed by atoms with Gasteiger partial charge in [-0.1, -0.05) is 28.1 Å². The van der Waals surface area contributed by atoms with Crippen molar-refractivity contribution in [1.82, 2.24) is 9.55 Å². The number of hydrogen-bond donors (Lipinski definition) is 1. The Morgan fingerprint density at radius 1 is 1.22 bits per heavy atom. The molecule has 2 aromatic carbocycles. The maximum absolute atomic E-state index is 10.5. The number of aliphatic hydroxyl groups excluding tert-OH is 1. The fourth-order valence-corrected chi connectivity index (χ4v) is 3.56. The first kappa shape index (κ1) is 20.1. The zero-order valence-electron chi connectivity index (χ0n) is 14.8. The molecule has 2 unspecified atom stereocenters. The molecular weight excluding hydrogens is 432 g/mol. The molecule has 5 nitrogen and oxygen atoms in total.